The minimum atomic E-state index is -3.59. The number of nitrogens with one attached hydrogen (secondary N) is 1. The number of imide groups is 1. The standard InChI is InChI=1S/C20H25F2N3O4S/c1-20(5-6-20)23-30(28,29)15-3-4-17-16(10-15)18(26)24(2)19(27)25(17)11-12-7-13(21)9-14(22)8-12/h7-9,15-17,23H,3-6,10-11H2,1-2H3. The minimum absolute atomic E-state index is 0.0555. The lowest BCUT2D eigenvalue weighted by atomic mass is 9.80. The van der Waals surface area contributed by atoms with Crippen LogP contribution < -0.4 is 4.72 Å². The van der Waals surface area contributed by atoms with Crippen molar-refractivity contribution >= 4 is 22.0 Å². The van der Waals surface area contributed by atoms with Crippen LogP contribution in [0.1, 0.15) is 44.6 Å². The Morgan fingerprint density at radius 3 is 2.37 bits per heavy atom. The number of rotatable bonds is 5. The van der Waals surface area contributed by atoms with E-state index >= 15 is 0 Å². The van der Waals surface area contributed by atoms with Crippen LogP contribution in [0, 0.1) is 17.6 Å². The number of hydrogen-bond acceptors (Lipinski definition) is 4. The largest absolute Gasteiger partial charge is 0.327 e. The van der Waals surface area contributed by atoms with E-state index in [1.54, 1.807) is 0 Å². The van der Waals surface area contributed by atoms with Crippen molar-refractivity contribution in [2.24, 2.45) is 5.92 Å². The monoisotopic (exact) mass is 441 g/mol. The fourth-order valence-electron chi connectivity index (χ4n) is 4.51. The number of halogens is 2. The highest BCUT2D eigenvalue weighted by molar-refractivity contribution is 7.90. The van der Waals surface area contributed by atoms with Gasteiger partial charge in [0.2, 0.25) is 15.9 Å². The van der Waals surface area contributed by atoms with E-state index in [2.05, 4.69) is 4.72 Å². The molecule has 10 heteroatoms. The number of urea groups is 1. The van der Waals surface area contributed by atoms with Gasteiger partial charge >= 0.3 is 6.03 Å². The van der Waals surface area contributed by atoms with Gasteiger partial charge in [0, 0.05) is 31.2 Å². The predicted molar refractivity (Wildman–Crippen MR) is 105 cm³/mol. The van der Waals surface area contributed by atoms with Crippen LogP contribution >= 0.6 is 0 Å². The second-order valence-electron chi connectivity index (χ2n) is 8.90. The molecule has 2 aliphatic carbocycles. The fraction of sp³-hybridized carbons (Fsp3) is 0.600. The van der Waals surface area contributed by atoms with Gasteiger partial charge in [-0.1, -0.05) is 0 Å². The van der Waals surface area contributed by atoms with E-state index < -0.39 is 56.3 Å². The maximum Gasteiger partial charge on any atom is 0.327 e. The maximum absolute atomic E-state index is 13.6. The van der Waals surface area contributed by atoms with Gasteiger partial charge in [0.1, 0.15) is 11.6 Å². The van der Waals surface area contributed by atoms with Crippen molar-refractivity contribution < 1.29 is 26.8 Å². The van der Waals surface area contributed by atoms with Gasteiger partial charge in [0.25, 0.3) is 0 Å². The van der Waals surface area contributed by atoms with Gasteiger partial charge in [-0.15, -0.1) is 0 Å². The van der Waals surface area contributed by atoms with E-state index in [9.17, 15) is 26.8 Å². The van der Waals surface area contributed by atoms with Crippen LogP contribution in [-0.2, 0) is 21.4 Å². The highest BCUT2D eigenvalue weighted by Gasteiger charge is 2.51. The van der Waals surface area contributed by atoms with Crippen LogP contribution in [0.4, 0.5) is 13.6 Å². The quantitative estimate of drug-likeness (QED) is 0.760. The van der Waals surface area contributed by atoms with Crippen LogP contribution in [0.15, 0.2) is 18.2 Å². The average molecular weight is 442 g/mol. The summed E-state index contributed by atoms with van der Waals surface area (Å²) in [6.45, 7) is 1.80. The number of amides is 3. The molecule has 4 rings (SSSR count). The van der Waals surface area contributed by atoms with Gasteiger partial charge in [0.15, 0.2) is 0 Å². The van der Waals surface area contributed by atoms with E-state index in [-0.39, 0.29) is 18.5 Å². The topological polar surface area (TPSA) is 86.8 Å². The molecular weight excluding hydrogens is 416 g/mol. The molecule has 3 aliphatic rings. The first-order chi connectivity index (χ1) is 14.0. The van der Waals surface area contributed by atoms with Crippen molar-refractivity contribution in [2.45, 2.75) is 62.4 Å². The predicted octanol–water partition coefficient (Wildman–Crippen LogP) is 2.37. The fourth-order valence-corrected chi connectivity index (χ4v) is 6.48. The molecule has 3 amide bonds. The first kappa shape index (κ1) is 21.2. The molecule has 1 aromatic rings. The van der Waals surface area contributed by atoms with Crippen LogP contribution in [-0.4, -0.2) is 54.0 Å². The van der Waals surface area contributed by atoms with Crippen LogP contribution in [0.3, 0.4) is 0 Å². The summed E-state index contributed by atoms with van der Waals surface area (Å²) in [4.78, 5) is 27.9. The molecule has 2 saturated carbocycles. The van der Waals surface area contributed by atoms with Gasteiger partial charge in [-0.25, -0.2) is 26.7 Å². The average Bonchev–Trinajstić information content (AvgIpc) is 3.38. The maximum atomic E-state index is 13.6. The summed E-state index contributed by atoms with van der Waals surface area (Å²) in [7, 11) is -2.25. The Hall–Kier alpha value is -2.07. The van der Waals surface area contributed by atoms with Crippen molar-refractivity contribution in [2.75, 3.05) is 7.05 Å². The molecule has 3 unspecified atom stereocenters. The zero-order valence-corrected chi connectivity index (χ0v) is 17.7. The Morgan fingerprint density at radius 1 is 1.13 bits per heavy atom. The molecule has 30 heavy (non-hydrogen) atoms. The molecule has 164 valence electrons. The highest BCUT2D eigenvalue weighted by Crippen LogP contribution is 2.40. The lowest BCUT2D eigenvalue weighted by Gasteiger charge is -2.47. The van der Waals surface area contributed by atoms with Gasteiger partial charge in [-0.2, -0.15) is 0 Å². The van der Waals surface area contributed by atoms with Crippen LogP contribution in [0.2, 0.25) is 0 Å². The minimum Gasteiger partial charge on any atom is -0.316 e. The molecule has 1 N–H and O–H groups in total. The van der Waals surface area contributed by atoms with Gasteiger partial charge < -0.3 is 4.90 Å². The summed E-state index contributed by atoms with van der Waals surface area (Å²) < 4.78 is 55.6. The molecule has 1 aromatic carbocycles. The summed E-state index contributed by atoms with van der Waals surface area (Å²) >= 11 is 0. The molecule has 3 atom stereocenters. The second-order valence-corrected chi connectivity index (χ2v) is 10.9. The summed E-state index contributed by atoms with van der Waals surface area (Å²) in [6.07, 6.45) is 2.33. The smallest absolute Gasteiger partial charge is 0.316 e. The Labute approximate surface area is 174 Å². The Bertz CT molecular complexity index is 976. The van der Waals surface area contributed by atoms with Gasteiger partial charge in [0.05, 0.1) is 11.2 Å². The van der Waals surface area contributed by atoms with E-state index in [4.69, 9.17) is 0 Å². The van der Waals surface area contributed by atoms with Gasteiger partial charge in [-0.05, 0) is 56.7 Å². The number of carbonyl (C=O) groups is 2. The molecule has 0 radical (unpaired) electrons. The van der Waals surface area contributed by atoms with E-state index in [1.807, 2.05) is 6.92 Å². The number of nitrogens with zero attached hydrogens (tertiary/aromatic N) is 2. The first-order valence-corrected chi connectivity index (χ1v) is 11.6. The van der Waals surface area contributed by atoms with Crippen molar-refractivity contribution in [1.29, 1.82) is 0 Å². The lowest BCUT2D eigenvalue weighted by molar-refractivity contribution is -0.139. The third-order valence-electron chi connectivity index (χ3n) is 6.45. The third-order valence-corrected chi connectivity index (χ3v) is 8.53. The van der Waals surface area contributed by atoms with Crippen molar-refractivity contribution in [1.82, 2.24) is 14.5 Å². The number of benzene rings is 1. The Balaban J connectivity index is 1.56. The highest BCUT2D eigenvalue weighted by atomic mass is 32.2. The molecular formula is C20H25F2N3O4S. The molecule has 0 aromatic heterocycles. The Morgan fingerprint density at radius 2 is 1.77 bits per heavy atom. The van der Waals surface area contributed by atoms with Crippen LogP contribution in [0.5, 0.6) is 0 Å². The zero-order chi connectivity index (χ0) is 21.8. The van der Waals surface area contributed by atoms with E-state index in [0.717, 1.165) is 35.9 Å². The molecule has 1 heterocycles. The first-order valence-electron chi connectivity index (χ1n) is 10.0. The molecule has 3 fully saturated rings. The van der Waals surface area contributed by atoms with Crippen molar-refractivity contribution in [3.8, 4) is 0 Å². The third kappa shape index (κ3) is 3.94. The Kier molecular flexibility index (Phi) is 5.13. The normalized spacial score (nSPS) is 28.5. The van der Waals surface area contributed by atoms with Crippen LogP contribution in [0.25, 0.3) is 0 Å². The molecule has 1 saturated heterocycles. The number of carbonyl (C=O) groups excluding carboxylic acids is 2. The molecule has 1 aliphatic heterocycles. The zero-order valence-electron chi connectivity index (χ0n) is 16.9. The number of fused-ring (bicyclic) bond motifs is 1. The molecule has 0 bridgehead atoms. The van der Waals surface area contributed by atoms with Crippen molar-refractivity contribution in [3.63, 3.8) is 0 Å². The number of sulfonamides is 1. The second kappa shape index (κ2) is 7.26. The summed E-state index contributed by atoms with van der Waals surface area (Å²) in [6, 6.07) is 2.01. The lowest BCUT2D eigenvalue weighted by Crippen LogP contribution is -2.62. The summed E-state index contributed by atoms with van der Waals surface area (Å²) in [5.41, 5.74) is -0.118. The SMILES string of the molecule is CN1C(=O)C2CC(S(=O)(=O)NC3(C)CC3)CCC2N(Cc2cc(F)cc(F)c2)C1=O. The molecule has 7 nitrogen and oxygen atoms in total. The van der Waals surface area contributed by atoms with Gasteiger partial charge in [-0.3, -0.25) is 9.69 Å². The summed E-state index contributed by atoms with van der Waals surface area (Å²) in [5.74, 6) is -2.58. The molecule has 0 spiro atoms. The van der Waals surface area contributed by atoms with E-state index in [0.29, 0.717) is 12.8 Å². The van der Waals surface area contributed by atoms with E-state index in [1.165, 1.54) is 11.9 Å². The van der Waals surface area contributed by atoms with Crippen molar-refractivity contribution in [3.05, 3.63) is 35.4 Å². The summed E-state index contributed by atoms with van der Waals surface area (Å²) in [5, 5.41) is -0.713. The number of hydrogen-bond donors (Lipinski definition) is 1.